The standard InChI is InChI=1S/C17H23NO3/c1-5-11-21-16(20)12-13-7-9-14(10-8-13)17(3,4)18-15(19)6-2/h6-10H,2,5,11-12H2,1,3-4H3,(H,18,19). The maximum atomic E-state index is 11.5. The molecule has 1 amide bonds. The molecule has 4 heteroatoms. The molecule has 1 N–H and O–H groups in total. The fourth-order valence-electron chi connectivity index (χ4n) is 1.90. The molecule has 0 aliphatic rings. The Morgan fingerprint density at radius 2 is 1.90 bits per heavy atom. The van der Waals surface area contributed by atoms with E-state index < -0.39 is 5.54 Å². The number of benzene rings is 1. The Labute approximate surface area is 126 Å². The molecule has 0 aliphatic heterocycles. The molecule has 0 atom stereocenters. The zero-order chi connectivity index (χ0) is 15.9. The molecule has 0 saturated heterocycles. The predicted molar refractivity (Wildman–Crippen MR) is 82.8 cm³/mol. The number of hydrogen-bond donors (Lipinski definition) is 1. The highest BCUT2D eigenvalue weighted by Crippen LogP contribution is 2.20. The van der Waals surface area contributed by atoms with E-state index >= 15 is 0 Å². The van der Waals surface area contributed by atoms with Crippen LogP contribution in [0.15, 0.2) is 36.9 Å². The number of nitrogens with one attached hydrogen (secondary N) is 1. The van der Waals surface area contributed by atoms with Crippen LogP contribution >= 0.6 is 0 Å². The fourth-order valence-corrected chi connectivity index (χ4v) is 1.90. The summed E-state index contributed by atoms with van der Waals surface area (Å²) in [4.78, 5) is 23.0. The van der Waals surface area contributed by atoms with E-state index in [0.29, 0.717) is 6.61 Å². The van der Waals surface area contributed by atoms with Gasteiger partial charge in [0.2, 0.25) is 5.91 Å². The second-order valence-corrected chi connectivity index (χ2v) is 5.41. The van der Waals surface area contributed by atoms with Crippen molar-refractivity contribution in [1.82, 2.24) is 5.32 Å². The van der Waals surface area contributed by atoms with E-state index in [1.54, 1.807) is 0 Å². The SMILES string of the molecule is C=CC(=O)NC(C)(C)c1ccc(CC(=O)OCCC)cc1. The first-order chi connectivity index (χ1) is 9.89. The third-order valence-corrected chi connectivity index (χ3v) is 3.11. The number of amides is 1. The highest BCUT2D eigenvalue weighted by molar-refractivity contribution is 5.87. The van der Waals surface area contributed by atoms with Gasteiger partial charge >= 0.3 is 5.97 Å². The minimum atomic E-state index is -0.494. The van der Waals surface area contributed by atoms with Crippen LogP contribution in [0, 0.1) is 0 Å². The van der Waals surface area contributed by atoms with Crippen molar-refractivity contribution >= 4 is 11.9 Å². The summed E-state index contributed by atoms with van der Waals surface area (Å²) < 4.78 is 5.05. The van der Waals surface area contributed by atoms with Crippen LogP contribution in [0.1, 0.15) is 38.3 Å². The normalized spacial score (nSPS) is 10.8. The monoisotopic (exact) mass is 289 g/mol. The molecule has 0 saturated carbocycles. The van der Waals surface area contributed by atoms with Crippen LogP contribution in [0.3, 0.4) is 0 Å². The van der Waals surface area contributed by atoms with Crippen molar-refractivity contribution in [2.45, 2.75) is 39.2 Å². The van der Waals surface area contributed by atoms with E-state index in [1.165, 1.54) is 6.08 Å². The van der Waals surface area contributed by atoms with Gasteiger partial charge in [-0.2, -0.15) is 0 Å². The van der Waals surface area contributed by atoms with Crippen molar-refractivity contribution in [3.8, 4) is 0 Å². The van der Waals surface area contributed by atoms with Gasteiger partial charge in [0.1, 0.15) is 0 Å². The summed E-state index contributed by atoms with van der Waals surface area (Å²) in [5.74, 6) is -0.434. The lowest BCUT2D eigenvalue weighted by atomic mass is 9.93. The average Bonchev–Trinajstić information content (AvgIpc) is 2.45. The molecule has 0 radical (unpaired) electrons. The fraction of sp³-hybridized carbons (Fsp3) is 0.412. The quantitative estimate of drug-likeness (QED) is 0.620. The highest BCUT2D eigenvalue weighted by Gasteiger charge is 2.21. The lowest BCUT2D eigenvalue weighted by molar-refractivity contribution is -0.142. The molecule has 4 nitrogen and oxygen atoms in total. The Morgan fingerprint density at radius 1 is 1.29 bits per heavy atom. The van der Waals surface area contributed by atoms with E-state index in [0.717, 1.165) is 17.5 Å². The van der Waals surface area contributed by atoms with Gasteiger partial charge in [0.05, 0.1) is 18.6 Å². The van der Waals surface area contributed by atoms with E-state index in [2.05, 4.69) is 11.9 Å². The summed E-state index contributed by atoms with van der Waals surface area (Å²) in [7, 11) is 0. The van der Waals surface area contributed by atoms with Crippen molar-refractivity contribution in [3.05, 3.63) is 48.0 Å². The Balaban J connectivity index is 2.71. The maximum absolute atomic E-state index is 11.5. The summed E-state index contributed by atoms with van der Waals surface area (Å²) >= 11 is 0. The van der Waals surface area contributed by atoms with Gasteiger partial charge in [-0.1, -0.05) is 37.8 Å². The van der Waals surface area contributed by atoms with E-state index in [9.17, 15) is 9.59 Å². The molecule has 114 valence electrons. The van der Waals surface area contributed by atoms with Crippen LogP contribution in [0.5, 0.6) is 0 Å². The first kappa shape index (κ1) is 17.0. The van der Waals surface area contributed by atoms with Crippen molar-refractivity contribution in [2.75, 3.05) is 6.61 Å². The molecule has 1 aromatic rings. The van der Waals surface area contributed by atoms with Crippen molar-refractivity contribution in [3.63, 3.8) is 0 Å². The zero-order valence-corrected chi connectivity index (χ0v) is 12.9. The van der Waals surface area contributed by atoms with Crippen LogP contribution in [0.2, 0.25) is 0 Å². The first-order valence-corrected chi connectivity index (χ1v) is 7.08. The molecular weight excluding hydrogens is 266 g/mol. The molecule has 0 bridgehead atoms. The van der Waals surface area contributed by atoms with Crippen LogP contribution in [0.4, 0.5) is 0 Å². The maximum Gasteiger partial charge on any atom is 0.310 e. The Bertz CT molecular complexity index is 503. The van der Waals surface area contributed by atoms with Crippen molar-refractivity contribution in [2.24, 2.45) is 0 Å². The summed E-state index contributed by atoms with van der Waals surface area (Å²) in [6.45, 7) is 9.69. The topological polar surface area (TPSA) is 55.4 Å². The van der Waals surface area contributed by atoms with E-state index in [-0.39, 0.29) is 18.3 Å². The summed E-state index contributed by atoms with van der Waals surface area (Å²) in [5, 5.41) is 2.86. The minimum Gasteiger partial charge on any atom is -0.465 e. The number of hydrogen-bond acceptors (Lipinski definition) is 3. The Kier molecular flexibility index (Phi) is 6.15. The van der Waals surface area contributed by atoms with Crippen LogP contribution < -0.4 is 5.32 Å². The van der Waals surface area contributed by atoms with Gasteiger partial charge in [0.15, 0.2) is 0 Å². The molecule has 21 heavy (non-hydrogen) atoms. The molecule has 0 unspecified atom stereocenters. The molecule has 0 fully saturated rings. The van der Waals surface area contributed by atoms with Gasteiger partial charge in [-0.15, -0.1) is 0 Å². The van der Waals surface area contributed by atoms with E-state index in [1.807, 2.05) is 45.0 Å². The van der Waals surface area contributed by atoms with Gasteiger partial charge in [0.25, 0.3) is 0 Å². The van der Waals surface area contributed by atoms with Gasteiger partial charge in [-0.05, 0) is 37.5 Å². The first-order valence-electron chi connectivity index (χ1n) is 7.08. The molecule has 0 heterocycles. The summed E-state index contributed by atoms with van der Waals surface area (Å²) in [5.41, 5.74) is 1.36. The Morgan fingerprint density at radius 3 is 2.43 bits per heavy atom. The van der Waals surface area contributed by atoms with Gasteiger partial charge in [0, 0.05) is 0 Å². The molecular formula is C17H23NO3. The van der Waals surface area contributed by atoms with Gasteiger partial charge in [-0.25, -0.2) is 0 Å². The largest absolute Gasteiger partial charge is 0.465 e. The number of esters is 1. The average molecular weight is 289 g/mol. The number of rotatable bonds is 7. The molecule has 0 aliphatic carbocycles. The van der Waals surface area contributed by atoms with Crippen LogP contribution in [-0.2, 0) is 26.3 Å². The predicted octanol–water partition coefficient (Wildman–Crippen LogP) is 2.72. The van der Waals surface area contributed by atoms with E-state index in [4.69, 9.17) is 4.74 Å². The lowest BCUT2D eigenvalue weighted by Crippen LogP contribution is -2.40. The van der Waals surface area contributed by atoms with Gasteiger partial charge in [-0.3, -0.25) is 9.59 Å². The summed E-state index contributed by atoms with van der Waals surface area (Å²) in [6, 6.07) is 7.58. The molecule has 1 rings (SSSR count). The van der Waals surface area contributed by atoms with Gasteiger partial charge < -0.3 is 10.1 Å². The third kappa shape index (κ3) is 5.42. The zero-order valence-electron chi connectivity index (χ0n) is 12.9. The molecule has 0 aromatic heterocycles. The molecule has 1 aromatic carbocycles. The minimum absolute atomic E-state index is 0.216. The Hall–Kier alpha value is -2.10. The molecule has 0 spiro atoms. The second kappa shape index (κ2) is 7.62. The lowest BCUT2D eigenvalue weighted by Gasteiger charge is -2.26. The summed E-state index contributed by atoms with van der Waals surface area (Å²) in [6.07, 6.45) is 2.33. The third-order valence-electron chi connectivity index (χ3n) is 3.11. The van der Waals surface area contributed by atoms with Crippen LogP contribution in [0.25, 0.3) is 0 Å². The van der Waals surface area contributed by atoms with Crippen molar-refractivity contribution in [1.29, 1.82) is 0 Å². The number of carbonyl (C=O) groups excluding carboxylic acids is 2. The highest BCUT2D eigenvalue weighted by atomic mass is 16.5. The van der Waals surface area contributed by atoms with Crippen molar-refractivity contribution < 1.29 is 14.3 Å². The smallest absolute Gasteiger partial charge is 0.310 e. The number of ether oxygens (including phenoxy) is 1. The second-order valence-electron chi connectivity index (χ2n) is 5.41. The van der Waals surface area contributed by atoms with Crippen LogP contribution in [-0.4, -0.2) is 18.5 Å². The number of carbonyl (C=O) groups is 2.